The Labute approximate surface area is 103 Å². The van der Waals surface area contributed by atoms with Gasteiger partial charge in [0.1, 0.15) is 6.04 Å². The highest BCUT2D eigenvalue weighted by atomic mass is 16.4. The minimum Gasteiger partial charge on any atom is -0.480 e. The Bertz CT molecular complexity index is 360. The first-order valence-electron chi connectivity index (χ1n) is 5.95. The summed E-state index contributed by atoms with van der Waals surface area (Å²) in [7, 11) is 0. The molecule has 0 aliphatic heterocycles. The third kappa shape index (κ3) is 5.00. The monoisotopic (exact) mass is 235 g/mol. The van der Waals surface area contributed by atoms with E-state index in [4.69, 9.17) is 5.11 Å². The van der Waals surface area contributed by atoms with Gasteiger partial charge in [-0.3, -0.25) is 10.1 Å². The summed E-state index contributed by atoms with van der Waals surface area (Å²) in [5, 5.41) is 12.0. The molecule has 0 spiro atoms. The van der Waals surface area contributed by atoms with Crippen LogP contribution >= 0.6 is 0 Å². The molecule has 0 fully saturated rings. The number of hydrogen-bond donors (Lipinski definition) is 2. The number of nitrogens with one attached hydrogen (secondary N) is 1. The van der Waals surface area contributed by atoms with E-state index in [1.54, 1.807) is 6.92 Å². The third-order valence-electron chi connectivity index (χ3n) is 2.86. The van der Waals surface area contributed by atoms with Crippen molar-refractivity contribution in [1.29, 1.82) is 0 Å². The summed E-state index contributed by atoms with van der Waals surface area (Å²) in [6.45, 7) is 5.75. The summed E-state index contributed by atoms with van der Waals surface area (Å²) in [4.78, 5) is 10.8. The summed E-state index contributed by atoms with van der Waals surface area (Å²) in [6, 6.07) is 9.72. The molecular weight excluding hydrogens is 214 g/mol. The molecular formula is C14H21NO2. The molecule has 1 aromatic rings. The molecule has 2 N–H and O–H groups in total. The SMILES string of the molecule is CC(NC(C)(C)CCc1ccccc1)C(=O)O. The Balaban J connectivity index is 2.47. The van der Waals surface area contributed by atoms with Crippen molar-refractivity contribution in [2.75, 3.05) is 0 Å². The Morgan fingerprint density at radius 1 is 1.35 bits per heavy atom. The van der Waals surface area contributed by atoms with Crippen molar-refractivity contribution in [2.24, 2.45) is 0 Å². The van der Waals surface area contributed by atoms with Crippen LogP contribution in [0.5, 0.6) is 0 Å². The average molecular weight is 235 g/mol. The molecule has 0 saturated heterocycles. The van der Waals surface area contributed by atoms with E-state index in [-0.39, 0.29) is 5.54 Å². The first-order valence-corrected chi connectivity index (χ1v) is 5.95. The number of aliphatic carboxylic acids is 1. The molecule has 94 valence electrons. The fourth-order valence-electron chi connectivity index (χ4n) is 1.82. The van der Waals surface area contributed by atoms with Crippen molar-refractivity contribution in [3.8, 4) is 0 Å². The van der Waals surface area contributed by atoms with E-state index in [2.05, 4.69) is 17.4 Å². The lowest BCUT2D eigenvalue weighted by Gasteiger charge is -2.28. The standard InChI is InChI=1S/C14H21NO2/c1-11(13(16)17)15-14(2,3)10-9-12-7-5-4-6-8-12/h4-8,11,15H,9-10H2,1-3H3,(H,16,17). The maximum atomic E-state index is 10.8. The number of carbonyl (C=O) groups is 1. The minimum atomic E-state index is -0.808. The Morgan fingerprint density at radius 3 is 2.47 bits per heavy atom. The van der Waals surface area contributed by atoms with Crippen LogP contribution in [0, 0.1) is 0 Å². The maximum Gasteiger partial charge on any atom is 0.320 e. The number of rotatable bonds is 6. The largest absolute Gasteiger partial charge is 0.480 e. The van der Waals surface area contributed by atoms with E-state index < -0.39 is 12.0 Å². The molecule has 0 saturated carbocycles. The summed E-state index contributed by atoms with van der Waals surface area (Å²) in [5.41, 5.74) is 1.11. The van der Waals surface area contributed by atoms with Crippen LogP contribution in [0.4, 0.5) is 0 Å². The normalized spacial score (nSPS) is 13.4. The summed E-state index contributed by atoms with van der Waals surface area (Å²) in [6.07, 6.45) is 1.86. The molecule has 0 aromatic heterocycles. The summed E-state index contributed by atoms with van der Waals surface area (Å²) < 4.78 is 0. The van der Waals surface area contributed by atoms with Gasteiger partial charge >= 0.3 is 5.97 Å². The molecule has 0 heterocycles. The van der Waals surface area contributed by atoms with Crippen molar-refractivity contribution >= 4 is 5.97 Å². The van der Waals surface area contributed by atoms with Gasteiger partial charge in [0.05, 0.1) is 0 Å². The fourth-order valence-corrected chi connectivity index (χ4v) is 1.82. The van der Waals surface area contributed by atoms with Crippen molar-refractivity contribution < 1.29 is 9.90 Å². The van der Waals surface area contributed by atoms with Crippen LogP contribution in [0.15, 0.2) is 30.3 Å². The molecule has 3 nitrogen and oxygen atoms in total. The van der Waals surface area contributed by atoms with E-state index in [0.29, 0.717) is 0 Å². The second-order valence-electron chi connectivity index (χ2n) is 5.07. The number of aryl methyl sites for hydroxylation is 1. The Morgan fingerprint density at radius 2 is 1.94 bits per heavy atom. The maximum absolute atomic E-state index is 10.8. The lowest BCUT2D eigenvalue weighted by atomic mass is 9.94. The van der Waals surface area contributed by atoms with Crippen molar-refractivity contribution in [3.05, 3.63) is 35.9 Å². The van der Waals surface area contributed by atoms with Crippen molar-refractivity contribution in [2.45, 2.75) is 45.2 Å². The van der Waals surface area contributed by atoms with Crippen LogP contribution in [0.25, 0.3) is 0 Å². The van der Waals surface area contributed by atoms with Gasteiger partial charge in [-0.1, -0.05) is 30.3 Å². The predicted molar refractivity (Wildman–Crippen MR) is 69.1 cm³/mol. The molecule has 0 amide bonds. The van der Waals surface area contributed by atoms with Crippen molar-refractivity contribution in [3.63, 3.8) is 0 Å². The Kier molecular flexibility index (Phi) is 4.70. The first kappa shape index (κ1) is 13.7. The highest BCUT2D eigenvalue weighted by Crippen LogP contribution is 2.14. The van der Waals surface area contributed by atoms with Gasteiger partial charge in [0.15, 0.2) is 0 Å². The van der Waals surface area contributed by atoms with Crippen LogP contribution in [0.3, 0.4) is 0 Å². The molecule has 1 unspecified atom stereocenters. The van der Waals surface area contributed by atoms with Gasteiger partial charge < -0.3 is 5.11 Å². The highest BCUT2D eigenvalue weighted by molar-refractivity contribution is 5.72. The van der Waals surface area contributed by atoms with Gasteiger partial charge in [0.25, 0.3) is 0 Å². The molecule has 0 aliphatic carbocycles. The van der Waals surface area contributed by atoms with E-state index in [0.717, 1.165) is 12.8 Å². The fraction of sp³-hybridized carbons (Fsp3) is 0.500. The van der Waals surface area contributed by atoms with E-state index in [1.807, 2.05) is 32.0 Å². The number of carboxylic acids is 1. The lowest BCUT2D eigenvalue weighted by molar-refractivity contribution is -0.139. The van der Waals surface area contributed by atoms with Gasteiger partial charge in [-0.05, 0) is 39.2 Å². The average Bonchev–Trinajstić information content (AvgIpc) is 2.27. The van der Waals surface area contributed by atoms with E-state index >= 15 is 0 Å². The second-order valence-corrected chi connectivity index (χ2v) is 5.07. The number of carboxylic acid groups (broad SMARTS) is 1. The molecule has 0 aliphatic rings. The third-order valence-corrected chi connectivity index (χ3v) is 2.86. The van der Waals surface area contributed by atoms with Crippen LogP contribution in [0.1, 0.15) is 32.8 Å². The van der Waals surface area contributed by atoms with E-state index in [1.165, 1.54) is 5.56 Å². The lowest BCUT2D eigenvalue weighted by Crippen LogP contribution is -2.48. The Hall–Kier alpha value is -1.35. The van der Waals surface area contributed by atoms with Gasteiger partial charge in [-0.2, -0.15) is 0 Å². The van der Waals surface area contributed by atoms with Gasteiger partial charge in [0, 0.05) is 5.54 Å². The highest BCUT2D eigenvalue weighted by Gasteiger charge is 2.22. The van der Waals surface area contributed by atoms with Crippen LogP contribution in [-0.4, -0.2) is 22.7 Å². The summed E-state index contributed by atoms with van der Waals surface area (Å²) >= 11 is 0. The van der Waals surface area contributed by atoms with Gasteiger partial charge in [0.2, 0.25) is 0 Å². The van der Waals surface area contributed by atoms with E-state index in [9.17, 15) is 4.79 Å². The zero-order valence-electron chi connectivity index (χ0n) is 10.7. The molecule has 1 aromatic carbocycles. The quantitative estimate of drug-likeness (QED) is 0.796. The first-order chi connectivity index (χ1) is 7.91. The van der Waals surface area contributed by atoms with Gasteiger partial charge in [-0.15, -0.1) is 0 Å². The summed E-state index contributed by atoms with van der Waals surface area (Å²) in [5.74, 6) is -0.808. The predicted octanol–water partition coefficient (Wildman–Crippen LogP) is 2.46. The molecule has 1 rings (SSSR count). The smallest absolute Gasteiger partial charge is 0.320 e. The van der Waals surface area contributed by atoms with Crippen LogP contribution < -0.4 is 5.32 Å². The zero-order chi connectivity index (χ0) is 12.9. The van der Waals surface area contributed by atoms with Crippen LogP contribution in [-0.2, 0) is 11.2 Å². The topological polar surface area (TPSA) is 49.3 Å². The van der Waals surface area contributed by atoms with Crippen molar-refractivity contribution in [1.82, 2.24) is 5.32 Å². The number of benzene rings is 1. The van der Waals surface area contributed by atoms with Gasteiger partial charge in [-0.25, -0.2) is 0 Å². The van der Waals surface area contributed by atoms with Crippen LogP contribution in [0.2, 0.25) is 0 Å². The molecule has 3 heteroatoms. The molecule has 1 atom stereocenters. The molecule has 17 heavy (non-hydrogen) atoms. The minimum absolute atomic E-state index is 0.173. The zero-order valence-corrected chi connectivity index (χ0v) is 10.7. The number of hydrogen-bond acceptors (Lipinski definition) is 2. The molecule has 0 radical (unpaired) electrons. The molecule has 0 bridgehead atoms. The second kappa shape index (κ2) is 5.82.